The van der Waals surface area contributed by atoms with Crippen molar-refractivity contribution in [2.75, 3.05) is 19.8 Å². The highest BCUT2D eigenvalue weighted by Crippen LogP contribution is 2.32. The molecule has 3 saturated heterocycles. The highest BCUT2D eigenvalue weighted by molar-refractivity contribution is 5.73. The molecule has 0 unspecified atom stereocenters. The summed E-state index contributed by atoms with van der Waals surface area (Å²) in [4.78, 5) is 12.0. The Balaban J connectivity index is 1.88. The standard InChI is InChI=1S/C20H35NO16/c1-5(25)21-9-16(36-20-15(31)13(29)10(26)7(3-23)35-20)12(28)8(4-24)34-19(9)37-17-14(30)11(27)6(2-22)33-18(17)32/h6-20,22-24,26-32H,2-4H2,1H3,(H,21,25)/t6-,7-,8-,9-,10+,11-,12-,13+,14+,15-,16-,17+,18+,19+,20+/m1/s1. The van der Waals surface area contributed by atoms with Crippen molar-refractivity contribution in [2.45, 2.75) is 99.0 Å². The summed E-state index contributed by atoms with van der Waals surface area (Å²) in [6.45, 7) is -1.22. The Morgan fingerprint density at radius 1 is 0.649 bits per heavy atom. The van der Waals surface area contributed by atoms with Crippen molar-refractivity contribution in [1.82, 2.24) is 5.32 Å². The Morgan fingerprint density at radius 2 is 1.14 bits per heavy atom. The Hall–Kier alpha value is -1.13. The number of aliphatic hydroxyl groups excluding tert-OH is 10. The summed E-state index contributed by atoms with van der Waals surface area (Å²) >= 11 is 0. The van der Waals surface area contributed by atoms with Crippen molar-refractivity contribution in [2.24, 2.45) is 0 Å². The summed E-state index contributed by atoms with van der Waals surface area (Å²) < 4.78 is 27.1. The maximum absolute atomic E-state index is 12.0. The molecule has 3 heterocycles. The molecule has 15 atom stereocenters. The molecular formula is C20H35NO16. The number of aliphatic hydroxyl groups is 10. The SMILES string of the molecule is CC(=O)N[C@H]1[C@H](O[C@H]2[C@@H](O)[C@H](O)[C@@H](CO)O[C@@H]2O)O[C@H](CO)[C@@H](O)[C@@H]1O[C@@H]1O[C@H](CO)[C@H](O)[C@H](O)[C@H]1O. The molecule has 3 fully saturated rings. The van der Waals surface area contributed by atoms with Crippen LogP contribution in [0.2, 0.25) is 0 Å². The van der Waals surface area contributed by atoms with Gasteiger partial charge in [-0.05, 0) is 0 Å². The third kappa shape index (κ3) is 6.38. The Bertz CT molecular complexity index is 745. The zero-order valence-electron chi connectivity index (χ0n) is 19.7. The van der Waals surface area contributed by atoms with Crippen LogP contribution in [-0.4, -0.2) is 169 Å². The molecule has 37 heavy (non-hydrogen) atoms. The fourth-order valence-corrected chi connectivity index (χ4v) is 4.44. The largest absolute Gasteiger partial charge is 0.394 e. The predicted octanol–water partition coefficient (Wildman–Crippen LogP) is -7.43. The van der Waals surface area contributed by atoms with Gasteiger partial charge in [0.2, 0.25) is 5.91 Å². The van der Waals surface area contributed by atoms with Crippen LogP contribution in [0.5, 0.6) is 0 Å². The average molecular weight is 545 g/mol. The minimum Gasteiger partial charge on any atom is -0.394 e. The first-order chi connectivity index (χ1) is 17.4. The fraction of sp³-hybridized carbons (Fsp3) is 0.950. The van der Waals surface area contributed by atoms with Gasteiger partial charge in [0.25, 0.3) is 0 Å². The van der Waals surface area contributed by atoms with Gasteiger partial charge in [0.15, 0.2) is 18.9 Å². The lowest BCUT2D eigenvalue weighted by Crippen LogP contribution is -2.69. The van der Waals surface area contributed by atoms with Crippen LogP contribution in [0.3, 0.4) is 0 Å². The number of ether oxygens (including phenoxy) is 5. The van der Waals surface area contributed by atoms with E-state index in [1.54, 1.807) is 0 Å². The van der Waals surface area contributed by atoms with Crippen LogP contribution in [0, 0.1) is 0 Å². The van der Waals surface area contributed by atoms with E-state index >= 15 is 0 Å². The molecule has 17 heteroatoms. The van der Waals surface area contributed by atoms with E-state index in [9.17, 15) is 55.9 Å². The van der Waals surface area contributed by atoms with E-state index in [0.29, 0.717) is 0 Å². The monoisotopic (exact) mass is 545 g/mol. The van der Waals surface area contributed by atoms with E-state index < -0.39 is 118 Å². The van der Waals surface area contributed by atoms with Crippen molar-refractivity contribution < 1.29 is 79.5 Å². The first-order valence-corrected chi connectivity index (χ1v) is 11.6. The second-order valence-corrected chi connectivity index (χ2v) is 9.07. The number of carbonyl (C=O) groups excluding carboxylic acids is 1. The fourth-order valence-electron chi connectivity index (χ4n) is 4.44. The molecule has 0 aromatic heterocycles. The van der Waals surface area contributed by atoms with E-state index in [1.807, 2.05) is 0 Å². The van der Waals surface area contributed by atoms with E-state index in [1.165, 1.54) is 0 Å². The third-order valence-corrected chi connectivity index (χ3v) is 6.50. The van der Waals surface area contributed by atoms with Gasteiger partial charge >= 0.3 is 0 Å². The second-order valence-electron chi connectivity index (χ2n) is 9.07. The number of carbonyl (C=O) groups is 1. The summed E-state index contributed by atoms with van der Waals surface area (Å²) in [5.74, 6) is -0.694. The normalized spacial score (nSPS) is 49.0. The molecule has 0 spiro atoms. The number of hydrogen-bond donors (Lipinski definition) is 11. The topological polar surface area (TPSA) is 278 Å². The van der Waals surface area contributed by atoms with Crippen LogP contribution in [0.25, 0.3) is 0 Å². The van der Waals surface area contributed by atoms with E-state index in [2.05, 4.69) is 5.32 Å². The summed E-state index contributed by atoms with van der Waals surface area (Å²) in [5.41, 5.74) is 0. The molecule has 0 aromatic rings. The zero-order chi connectivity index (χ0) is 27.6. The molecule has 1 amide bonds. The first-order valence-electron chi connectivity index (χ1n) is 11.6. The van der Waals surface area contributed by atoms with Crippen LogP contribution < -0.4 is 5.32 Å². The van der Waals surface area contributed by atoms with E-state index in [-0.39, 0.29) is 0 Å². The van der Waals surface area contributed by atoms with Gasteiger partial charge in [-0.25, -0.2) is 0 Å². The molecule has 3 aliphatic heterocycles. The molecule has 216 valence electrons. The zero-order valence-corrected chi connectivity index (χ0v) is 19.7. The summed E-state index contributed by atoms with van der Waals surface area (Å²) in [6.07, 6.45) is -23.4. The van der Waals surface area contributed by atoms with Crippen LogP contribution in [0.4, 0.5) is 0 Å². The van der Waals surface area contributed by atoms with Gasteiger partial charge in [-0.15, -0.1) is 0 Å². The average Bonchev–Trinajstić information content (AvgIpc) is 2.86. The number of hydrogen-bond acceptors (Lipinski definition) is 16. The molecule has 0 saturated carbocycles. The maximum atomic E-state index is 12.0. The van der Waals surface area contributed by atoms with Crippen LogP contribution in [0.1, 0.15) is 6.92 Å². The van der Waals surface area contributed by atoms with Crippen molar-refractivity contribution in [3.63, 3.8) is 0 Å². The number of amides is 1. The van der Waals surface area contributed by atoms with Gasteiger partial charge in [0, 0.05) is 6.92 Å². The summed E-state index contributed by atoms with van der Waals surface area (Å²) in [6, 6.07) is -1.48. The van der Waals surface area contributed by atoms with Crippen molar-refractivity contribution >= 4 is 5.91 Å². The number of rotatable bonds is 8. The first kappa shape index (κ1) is 30.4. The van der Waals surface area contributed by atoms with Gasteiger partial charge in [-0.3, -0.25) is 4.79 Å². The Labute approximate surface area is 210 Å². The predicted molar refractivity (Wildman–Crippen MR) is 113 cm³/mol. The van der Waals surface area contributed by atoms with Crippen LogP contribution in [-0.2, 0) is 28.5 Å². The summed E-state index contributed by atoms with van der Waals surface area (Å²) in [5, 5.41) is 103. The lowest BCUT2D eigenvalue weighted by atomic mass is 9.94. The van der Waals surface area contributed by atoms with Gasteiger partial charge in [0.05, 0.1) is 19.8 Å². The van der Waals surface area contributed by atoms with E-state index in [4.69, 9.17) is 23.7 Å². The van der Waals surface area contributed by atoms with Gasteiger partial charge in [-0.1, -0.05) is 0 Å². The molecule has 0 aromatic carbocycles. The van der Waals surface area contributed by atoms with Gasteiger partial charge in [0.1, 0.15) is 73.2 Å². The molecular weight excluding hydrogens is 510 g/mol. The Morgan fingerprint density at radius 3 is 1.70 bits per heavy atom. The van der Waals surface area contributed by atoms with Crippen molar-refractivity contribution in [3.8, 4) is 0 Å². The lowest BCUT2D eigenvalue weighted by molar-refractivity contribution is -0.367. The van der Waals surface area contributed by atoms with E-state index in [0.717, 1.165) is 6.92 Å². The molecule has 0 bridgehead atoms. The highest BCUT2D eigenvalue weighted by atomic mass is 16.7. The summed E-state index contributed by atoms with van der Waals surface area (Å²) in [7, 11) is 0. The van der Waals surface area contributed by atoms with Crippen molar-refractivity contribution in [3.05, 3.63) is 0 Å². The molecule has 3 rings (SSSR count). The minimum atomic E-state index is -1.89. The minimum absolute atomic E-state index is 0.694. The molecule has 0 radical (unpaired) electrons. The van der Waals surface area contributed by atoms with Crippen LogP contribution >= 0.6 is 0 Å². The molecule has 0 aliphatic carbocycles. The van der Waals surface area contributed by atoms with Gasteiger partial charge < -0.3 is 80.1 Å². The molecule has 17 nitrogen and oxygen atoms in total. The molecule has 11 N–H and O–H groups in total. The Kier molecular flexibility index (Phi) is 10.5. The number of nitrogens with one attached hydrogen (secondary N) is 1. The van der Waals surface area contributed by atoms with Crippen LogP contribution in [0.15, 0.2) is 0 Å². The third-order valence-electron chi connectivity index (χ3n) is 6.50. The molecule has 3 aliphatic rings. The second kappa shape index (κ2) is 12.8. The smallest absolute Gasteiger partial charge is 0.217 e. The van der Waals surface area contributed by atoms with Crippen molar-refractivity contribution in [1.29, 1.82) is 0 Å². The lowest BCUT2D eigenvalue weighted by Gasteiger charge is -2.49. The highest BCUT2D eigenvalue weighted by Gasteiger charge is 2.54. The maximum Gasteiger partial charge on any atom is 0.217 e. The van der Waals surface area contributed by atoms with Gasteiger partial charge in [-0.2, -0.15) is 0 Å². The quantitative estimate of drug-likeness (QED) is 0.135.